The number of hydrogen-bond donors (Lipinski definition) is 1. The van der Waals surface area contributed by atoms with E-state index in [2.05, 4.69) is 10.1 Å². The van der Waals surface area contributed by atoms with Crippen molar-refractivity contribution in [2.75, 3.05) is 6.61 Å². The predicted molar refractivity (Wildman–Crippen MR) is 84.0 cm³/mol. The standard InChI is InChI=1S/C15H15ClF2N4O3/c1-15(2)21(14(23)24)11(6-25-15)8-3-4-9(16)10(5-8)22-13(12(17)18)19-7-20-22/h3-5,7,11-12H,6H2,1-2H3,(H,23,24)/t11-/m1/s1. The number of amides is 1. The second-order valence-corrected chi connectivity index (χ2v) is 6.37. The fourth-order valence-electron chi connectivity index (χ4n) is 2.90. The van der Waals surface area contributed by atoms with E-state index in [1.807, 2.05) is 0 Å². The Kier molecular flexibility index (Phi) is 4.38. The number of rotatable bonds is 3. The highest BCUT2D eigenvalue weighted by atomic mass is 35.5. The SMILES string of the molecule is CC1(C)OC[C@H](c2ccc(Cl)c(-n3ncnc3C(F)F)c2)N1C(=O)O. The Labute approximate surface area is 146 Å². The van der Waals surface area contributed by atoms with Crippen LogP contribution in [-0.2, 0) is 4.74 Å². The van der Waals surface area contributed by atoms with Gasteiger partial charge in [0.1, 0.15) is 12.1 Å². The monoisotopic (exact) mass is 372 g/mol. The van der Waals surface area contributed by atoms with Crippen molar-refractivity contribution in [1.29, 1.82) is 0 Å². The van der Waals surface area contributed by atoms with E-state index in [-0.39, 0.29) is 17.3 Å². The lowest BCUT2D eigenvalue weighted by Gasteiger charge is -2.31. The van der Waals surface area contributed by atoms with E-state index in [0.717, 1.165) is 11.0 Å². The second-order valence-electron chi connectivity index (χ2n) is 5.97. The first kappa shape index (κ1) is 17.6. The first-order chi connectivity index (χ1) is 11.7. The average Bonchev–Trinajstić information content (AvgIpc) is 3.11. The minimum atomic E-state index is -2.83. The molecule has 7 nitrogen and oxygen atoms in total. The zero-order valence-corrected chi connectivity index (χ0v) is 14.1. The van der Waals surface area contributed by atoms with Gasteiger partial charge in [0.25, 0.3) is 6.43 Å². The van der Waals surface area contributed by atoms with Gasteiger partial charge in [0, 0.05) is 0 Å². The number of carbonyl (C=O) groups is 1. The summed E-state index contributed by atoms with van der Waals surface area (Å²) in [6, 6.07) is 4.07. The maximum atomic E-state index is 13.1. The fourth-order valence-corrected chi connectivity index (χ4v) is 3.09. The molecule has 2 aromatic rings. The van der Waals surface area contributed by atoms with E-state index >= 15 is 0 Å². The topological polar surface area (TPSA) is 80.5 Å². The molecule has 1 aromatic carbocycles. The summed E-state index contributed by atoms with van der Waals surface area (Å²) < 4.78 is 32.7. The van der Waals surface area contributed by atoms with Crippen molar-refractivity contribution < 1.29 is 23.4 Å². The quantitative estimate of drug-likeness (QED) is 0.889. The van der Waals surface area contributed by atoms with Gasteiger partial charge in [0.05, 0.1) is 23.4 Å². The fraction of sp³-hybridized carbons (Fsp3) is 0.400. The summed E-state index contributed by atoms with van der Waals surface area (Å²) in [4.78, 5) is 16.3. The summed E-state index contributed by atoms with van der Waals surface area (Å²) in [5.41, 5.74) is -0.248. The van der Waals surface area contributed by atoms with E-state index in [0.29, 0.717) is 5.56 Å². The number of hydrogen-bond acceptors (Lipinski definition) is 4. The summed E-state index contributed by atoms with van der Waals surface area (Å²) in [7, 11) is 0. The normalized spacial score (nSPS) is 19.6. The van der Waals surface area contributed by atoms with Crippen LogP contribution in [-0.4, -0.2) is 43.2 Å². The molecule has 3 rings (SSSR count). The van der Waals surface area contributed by atoms with Gasteiger partial charge >= 0.3 is 6.09 Å². The van der Waals surface area contributed by atoms with Crippen molar-refractivity contribution >= 4 is 17.7 Å². The van der Waals surface area contributed by atoms with Gasteiger partial charge in [-0.05, 0) is 31.5 Å². The lowest BCUT2D eigenvalue weighted by Crippen LogP contribution is -2.44. The van der Waals surface area contributed by atoms with Gasteiger partial charge in [-0.3, -0.25) is 4.90 Å². The van der Waals surface area contributed by atoms with Gasteiger partial charge in [-0.25, -0.2) is 23.2 Å². The first-order valence-corrected chi connectivity index (χ1v) is 7.74. The van der Waals surface area contributed by atoms with Crippen LogP contribution in [0.25, 0.3) is 5.69 Å². The predicted octanol–water partition coefficient (Wildman–Crippen LogP) is 3.65. The molecule has 10 heteroatoms. The van der Waals surface area contributed by atoms with E-state index in [9.17, 15) is 18.7 Å². The molecule has 1 saturated heterocycles. The van der Waals surface area contributed by atoms with Crippen LogP contribution in [0, 0.1) is 0 Å². The summed E-state index contributed by atoms with van der Waals surface area (Å²) in [5.74, 6) is -0.544. The molecule has 1 aromatic heterocycles. The van der Waals surface area contributed by atoms with Gasteiger partial charge < -0.3 is 9.84 Å². The molecule has 1 aliphatic rings. The van der Waals surface area contributed by atoms with Gasteiger partial charge in [0.2, 0.25) is 0 Å². The lowest BCUT2D eigenvalue weighted by molar-refractivity contribution is -0.0420. The molecule has 0 aliphatic carbocycles. The highest BCUT2D eigenvalue weighted by Gasteiger charge is 2.44. The molecule has 0 radical (unpaired) electrons. The number of ether oxygens (including phenoxy) is 1. The third kappa shape index (κ3) is 3.05. The van der Waals surface area contributed by atoms with Crippen LogP contribution in [0.3, 0.4) is 0 Å². The van der Waals surface area contributed by atoms with Crippen molar-refractivity contribution in [3.05, 3.63) is 40.9 Å². The third-order valence-corrected chi connectivity index (χ3v) is 4.36. The summed E-state index contributed by atoms with van der Waals surface area (Å²) in [6.07, 6.45) is -2.96. The summed E-state index contributed by atoms with van der Waals surface area (Å²) in [5, 5.41) is 13.5. The Hall–Kier alpha value is -2.26. The van der Waals surface area contributed by atoms with Gasteiger partial charge in [-0.2, -0.15) is 5.10 Å². The molecule has 1 amide bonds. The maximum absolute atomic E-state index is 13.1. The zero-order valence-electron chi connectivity index (χ0n) is 13.4. The number of alkyl halides is 2. The Bertz CT molecular complexity index is 812. The molecule has 0 saturated carbocycles. The van der Waals surface area contributed by atoms with Crippen LogP contribution >= 0.6 is 11.6 Å². The Balaban J connectivity index is 2.06. The molecule has 1 N–H and O–H groups in total. The first-order valence-electron chi connectivity index (χ1n) is 7.36. The van der Waals surface area contributed by atoms with Crippen molar-refractivity contribution in [2.45, 2.75) is 32.0 Å². The summed E-state index contributed by atoms with van der Waals surface area (Å²) >= 11 is 6.13. The van der Waals surface area contributed by atoms with Crippen LogP contribution in [0.1, 0.15) is 37.7 Å². The highest BCUT2D eigenvalue weighted by Crippen LogP contribution is 2.38. The molecule has 25 heavy (non-hydrogen) atoms. The molecular weight excluding hydrogens is 358 g/mol. The lowest BCUT2D eigenvalue weighted by atomic mass is 10.0. The van der Waals surface area contributed by atoms with Gasteiger partial charge in [0.15, 0.2) is 5.82 Å². The molecule has 0 bridgehead atoms. The Morgan fingerprint density at radius 2 is 2.20 bits per heavy atom. The number of nitrogens with zero attached hydrogens (tertiary/aromatic N) is 4. The largest absolute Gasteiger partial charge is 0.465 e. The smallest absolute Gasteiger partial charge is 0.410 e. The van der Waals surface area contributed by atoms with E-state index in [1.54, 1.807) is 19.9 Å². The average molecular weight is 373 g/mol. The number of carboxylic acid groups (broad SMARTS) is 1. The van der Waals surface area contributed by atoms with Crippen molar-refractivity contribution in [1.82, 2.24) is 19.7 Å². The molecule has 0 unspecified atom stereocenters. The Morgan fingerprint density at radius 1 is 1.48 bits per heavy atom. The summed E-state index contributed by atoms with van der Waals surface area (Å²) in [6.45, 7) is 3.42. The molecule has 1 fully saturated rings. The molecule has 2 heterocycles. The van der Waals surface area contributed by atoms with E-state index < -0.39 is 30.1 Å². The molecule has 134 valence electrons. The van der Waals surface area contributed by atoms with Gasteiger partial charge in [-0.1, -0.05) is 17.7 Å². The molecule has 0 spiro atoms. The van der Waals surface area contributed by atoms with E-state index in [4.69, 9.17) is 16.3 Å². The second kappa shape index (κ2) is 6.23. The van der Waals surface area contributed by atoms with Crippen molar-refractivity contribution in [3.8, 4) is 5.69 Å². The number of halogens is 3. The van der Waals surface area contributed by atoms with Crippen LogP contribution in [0.5, 0.6) is 0 Å². The zero-order chi connectivity index (χ0) is 18.4. The van der Waals surface area contributed by atoms with Crippen LogP contribution in [0.15, 0.2) is 24.5 Å². The van der Waals surface area contributed by atoms with Crippen LogP contribution in [0.4, 0.5) is 13.6 Å². The minimum Gasteiger partial charge on any atom is -0.465 e. The van der Waals surface area contributed by atoms with Crippen molar-refractivity contribution in [2.24, 2.45) is 0 Å². The van der Waals surface area contributed by atoms with E-state index in [1.165, 1.54) is 17.0 Å². The van der Waals surface area contributed by atoms with Crippen molar-refractivity contribution in [3.63, 3.8) is 0 Å². The minimum absolute atomic E-state index is 0.138. The molecule has 1 atom stereocenters. The van der Waals surface area contributed by atoms with Crippen LogP contribution in [0.2, 0.25) is 5.02 Å². The third-order valence-electron chi connectivity index (χ3n) is 4.04. The highest BCUT2D eigenvalue weighted by molar-refractivity contribution is 6.32. The molecular formula is C15H15ClF2N4O3. The Morgan fingerprint density at radius 3 is 2.84 bits per heavy atom. The van der Waals surface area contributed by atoms with Crippen LogP contribution < -0.4 is 0 Å². The molecule has 1 aliphatic heterocycles. The number of aromatic nitrogens is 3. The maximum Gasteiger partial charge on any atom is 0.410 e. The van der Waals surface area contributed by atoms with Gasteiger partial charge in [-0.15, -0.1) is 0 Å². The number of benzene rings is 1.